The van der Waals surface area contributed by atoms with Gasteiger partial charge >= 0.3 is 6.03 Å². The number of methoxy groups -OCH3 is 1. The molecule has 3 aromatic rings. The standard InChI is InChI=1S/C23H26N6O4/c1-15(2)25-23(32)28-13-11-27(12-14-28)21(30)19-22(31)29(17-8-4-5-9-18(17)33-3)20-16(26-19)7-6-10-24-20/h4-10,15H,11-14H2,1-3H3,(H,25,32). The maximum absolute atomic E-state index is 13.5. The van der Waals surface area contributed by atoms with E-state index in [2.05, 4.69) is 15.3 Å². The van der Waals surface area contributed by atoms with Crippen LogP contribution >= 0.6 is 0 Å². The van der Waals surface area contributed by atoms with Gasteiger partial charge < -0.3 is 19.9 Å². The first-order valence-electron chi connectivity index (χ1n) is 10.8. The van der Waals surface area contributed by atoms with Crippen molar-refractivity contribution in [2.75, 3.05) is 33.3 Å². The van der Waals surface area contributed by atoms with Gasteiger partial charge in [0.05, 0.1) is 12.8 Å². The second-order valence-electron chi connectivity index (χ2n) is 8.00. The molecule has 0 saturated carbocycles. The highest BCUT2D eigenvalue weighted by Gasteiger charge is 2.29. The summed E-state index contributed by atoms with van der Waals surface area (Å²) < 4.78 is 6.80. The monoisotopic (exact) mass is 450 g/mol. The van der Waals surface area contributed by atoms with Crippen LogP contribution in [0.5, 0.6) is 5.75 Å². The molecule has 2 aromatic heterocycles. The van der Waals surface area contributed by atoms with E-state index in [1.165, 1.54) is 11.7 Å². The number of carbonyl (C=O) groups excluding carboxylic acids is 2. The maximum Gasteiger partial charge on any atom is 0.317 e. The van der Waals surface area contributed by atoms with Crippen molar-refractivity contribution in [2.24, 2.45) is 0 Å². The highest BCUT2D eigenvalue weighted by molar-refractivity contribution is 5.94. The predicted molar refractivity (Wildman–Crippen MR) is 123 cm³/mol. The van der Waals surface area contributed by atoms with Gasteiger partial charge in [0.15, 0.2) is 11.3 Å². The van der Waals surface area contributed by atoms with Gasteiger partial charge in [0.25, 0.3) is 11.5 Å². The average molecular weight is 450 g/mol. The Morgan fingerprint density at radius 2 is 1.73 bits per heavy atom. The Labute approximate surface area is 190 Å². The summed E-state index contributed by atoms with van der Waals surface area (Å²) in [4.78, 5) is 51.0. The molecule has 3 amide bonds. The Morgan fingerprint density at radius 3 is 2.42 bits per heavy atom. The Morgan fingerprint density at radius 1 is 1.03 bits per heavy atom. The zero-order chi connectivity index (χ0) is 23.5. The number of ether oxygens (including phenoxy) is 1. The SMILES string of the molecule is COc1ccccc1-n1c(=O)c(C(=O)N2CCN(C(=O)NC(C)C)CC2)nc2cccnc21. The normalized spacial score (nSPS) is 13.9. The molecule has 1 aromatic carbocycles. The Hall–Kier alpha value is -3.95. The fraction of sp³-hybridized carbons (Fsp3) is 0.348. The van der Waals surface area contributed by atoms with E-state index >= 15 is 0 Å². The lowest BCUT2D eigenvalue weighted by molar-refractivity contribution is 0.0656. The van der Waals surface area contributed by atoms with E-state index in [1.807, 2.05) is 13.8 Å². The van der Waals surface area contributed by atoms with Gasteiger partial charge in [-0.05, 0) is 38.1 Å². The van der Waals surface area contributed by atoms with Crippen LogP contribution in [0, 0.1) is 0 Å². The van der Waals surface area contributed by atoms with Crippen LogP contribution in [0.25, 0.3) is 16.9 Å². The first-order valence-corrected chi connectivity index (χ1v) is 10.8. The fourth-order valence-electron chi connectivity index (χ4n) is 3.80. The summed E-state index contributed by atoms with van der Waals surface area (Å²) in [5.74, 6) is -0.000694. The van der Waals surface area contributed by atoms with Crippen LogP contribution in [0.2, 0.25) is 0 Å². The molecule has 10 nitrogen and oxygen atoms in total. The summed E-state index contributed by atoms with van der Waals surface area (Å²) >= 11 is 0. The molecule has 1 aliphatic heterocycles. The average Bonchev–Trinajstić information content (AvgIpc) is 2.83. The van der Waals surface area contributed by atoms with Gasteiger partial charge in [-0.1, -0.05) is 12.1 Å². The van der Waals surface area contributed by atoms with Gasteiger partial charge in [-0.2, -0.15) is 0 Å². The van der Waals surface area contributed by atoms with Crippen LogP contribution < -0.4 is 15.6 Å². The first kappa shape index (κ1) is 22.3. The van der Waals surface area contributed by atoms with Gasteiger partial charge in [0.1, 0.15) is 11.3 Å². The number of urea groups is 1. The van der Waals surface area contributed by atoms with Crippen molar-refractivity contribution >= 4 is 23.1 Å². The fourth-order valence-corrected chi connectivity index (χ4v) is 3.80. The number of pyridine rings is 1. The molecule has 33 heavy (non-hydrogen) atoms. The van der Waals surface area contributed by atoms with Crippen molar-refractivity contribution in [1.82, 2.24) is 29.7 Å². The van der Waals surface area contributed by atoms with Gasteiger partial charge in [0, 0.05) is 38.4 Å². The topological polar surface area (TPSA) is 110 Å². The molecule has 0 bridgehead atoms. The van der Waals surface area contributed by atoms with Crippen LogP contribution in [0.1, 0.15) is 24.3 Å². The quantitative estimate of drug-likeness (QED) is 0.648. The van der Waals surface area contributed by atoms with Crippen LogP contribution in [0.3, 0.4) is 0 Å². The number of piperazine rings is 1. The minimum absolute atomic E-state index is 0.0287. The highest BCUT2D eigenvalue weighted by atomic mass is 16.5. The number of para-hydroxylation sites is 2. The molecule has 1 saturated heterocycles. The second kappa shape index (κ2) is 9.27. The molecule has 4 rings (SSSR count). The molecule has 0 aliphatic carbocycles. The van der Waals surface area contributed by atoms with Crippen LogP contribution in [0.15, 0.2) is 47.4 Å². The zero-order valence-electron chi connectivity index (χ0n) is 18.8. The lowest BCUT2D eigenvalue weighted by Gasteiger charge is -2.34. The number of fused-ring (bicyclic) bond motifs is 1. The number of nitrogens with one attached hydrogen (secondary N) is 1. The van der Waals surface area contributed by atoms with E-state index < -0.39 is 11.5 Å². The van der Waals surface area contributed by atoms with Gasteiger partial charge in [-0.15, -0.1) is 0 Å². The number of hydrogen-bond acceptors (Lipinski definition) is 6. The maximum atomic E-state index is 13.5. The summed E-state index contributed by atoms with van der Waals surface area (Å²) in [5, 5.41) is 2.85. The van der Waals surface area contributed by atoms with Crippen molar-refractivity contribution < 1.29 is 14.3 Å². The third-order valence-corrected chi connectivity index (χ3v) is 5.41. The Bertz CT molecular complexity index is 1250. The van der Waals surface area contributed by atoms with Gasteiger partial charge in [-0.25, -0.2) is 14.8 Å². The summed E-state index contributed by atoms with van der Waals surface area (Å²) in [5.41, 5.74) is 0.456. The Balaban J connectivity index is 1.70. The molecule has 0 atom stereocenters. The lowest BCUT2D eigenvalue weighted by Crippen LogP contribution is -2.54. The van der Waals surface area contributed by atoms with E-state index in [1.54, 1.807) is 52.4 Å². The number of benzene rings is 1. The van der Waals surface area contributed by atoms with E-state index in [4.69, 9.17) is 4.74 Å². The molecular formula is C23H26N6O4. The molecule has 0 radical (unpaired) electrons. The molecule has 1 fully saturated rings. The third-order valence-electron chi connectivity index (χ3n) is 5.41. The van der Waals surface area contributed by atoms with Crippen molar-refractivity contribution in [2.45, 2.75) is 19.9 Å². The second-order valence-corrected chi connectivity index (χ2v) is 8.00. The Kier molecular flexibility index (Phi) is 6.25. The number of aromatic nitrogens is 3. The zero-order valence-corrected chi connectivity index (χ0v) is 18.8. The molecule has 0 spiro atoms. The summed E-state index contributed by atoms with van der Waals surface area (Å²) in [6.07, 6.45) is 1.57. The molecule has 0 unspecified atom stereocenters. The highest BCUT2D eigenvalue weighted by Crippen LogP contribution is 2.23. The molecule has 172 valence electrons. The first-order chi connectivity index (χ1) is 15.9. The number of rotatable bonds is 4. The van der Waals surface area contributed by atoms with E-state index in [9.17, 15) is 14.4 Å². The summed E-state index contributed by atoms with van der Waals surface area (Å²) in [6.45, 7) is 5.16. The van der Waals surface area contributed by atoms with Crippen molar-refractivity contribution in [1.29, 1.82) is 0 Å². The van der Waals surface area contributed by atoms with Crippen LogP contribution in [0.4, 0.5) is 4.79 Å². The minimum atomic E-state index is -0.573. The van der Waals surface area contributed by atoms with E-state index in [0.717, 1.165) is 0 Å². The summed E-state index contributed by atoms with van der Waals surface area (Å²) in [6, 6.07) is 10.3. The molecule has 10 heteroatoms. The molecule has 1 N–H and O–H groups in total. The molecular weight excluding hydrogens is 424 g/mol. The largest absolute Gasteiger partial charge is 0.495 e. The molecule has 1 aliphatic rings. The minimum Gasteiger partial charge on any atom is -0.495 e. The van der Waals surface area contributed by atoms with Gasteiger partial charge in [0.2, 0.25) is 0 Å². The van der Waals surface area contributed by atoms with E-state index in [0.29, 0.717) is 48.8 Å². The number of amides is 3. The van der Waals surface area contributed by atoms with E-state index in [-0.39, 0.29) is 17.8 Å². The number of nitrogens with zero attached hydrogens (tertiary/aromatic N) is 5. The van der Waals surface area contributed by atoms with Gasteiger partial charge in [-0.3, -0.25) is 14.2 Å². The lowest BCUT2D eigenvalue weighted by atomic mass is 10.2. The van der Waals surface area contributed by atoms with Crippen LogP contribution in [-0.2, 0) is 0 Å². The predicted octanol–water partition coefficient (Wildman–Crippen LogP) is 1.67. The van der Waals surface area contributed by atoms with Crippen molar-refractivity contribution in [3.05, 3.63) is 58.6 Å². The molecule has 3 heterocycles. The smallest absolute Gasteiger partial charge is 0.317 e. The van der Waals surface area contributed by atoms with Crippen molar-refractivity contribution in [3.63, 3.8) is 0 Å². The number of carbonyl (C=O) groups is 2. The third kappa shape index (κ3) is 4.36. The number of hydrogen-bond donors (Lipinski definition) is 1. The summed E-state index contributed by atoms with van der Waals surface area (Å²) in [7, 11) is 1.52. The van der Waals surface area contributed by atoms with Crippen LogP contribution in [-0.4, -0.2) is 75.6 Å². The van der Waals surface area contributed by atoms with Crippen molar-refractivity contribution in [3.8, 4) is 11.4 Å².